The number of ketones is 1. The number of likely N-dealkylation sites (tertiary alicyclic amines) is 1. The normalized spacial score (nSPS) is 25.7. The SMILES string of the molecule is CC(C)(C)[C@@H]1CCN(C(C)(C)C)CC1=O. The first-order valence-corrected chi connectivity index (χ1v) is 5.90. The predicted molar refractivity (Wildman–Crippen MR) is 63.9 cm³/mol. The molecule has 0 spiro atoms. The summed E-state index contributed by atoms with van der Waals surface area (Å²) in [6.07, 6.45) is 1.01. The number of rotatable bonds is 0. The van der Waals surface area contributed by atoms with Crippen molar-refractivity contribution in [2.45, 2.75) is 53.5 Å². The summed E-state index contributed by atoms with van der Waals surface area (Å²) in [6.45, 7) is 14.7. The van der Waals surface area contributed by atoms with E-state index in [-0.39, 0.29) is 16.9 Å². The maximum Gasteiger partial charge on any atom is 0.150 e. The molecule has 0 aromatic rings. The van der Waals surface area contributed by atoms with E-state index in [0.29, 0.717) is 12.3 Å². The zero-order valence-corrected chi connectivity index (χ0v) is 11.1. The van der Waals surface area contributed by atoms with Crippen LogP contribution in [0.3, 0.4) is 0 Å². The molecule has 0 amide bonds. The average Bonchev–Trinajstić information content (AvgIpc) is 1.99. The molecule has 1 heterocycles. The zero-order valence-electron chi connectivity index (χ0n) is 11.1. The fourth-order valence-corrected chi connectivity index (χ4v) is 2.31. The topological polar surface area (TPSA) is 20.3 Å². The molecular formula is C13H25NO. The van der Waals surface area contributed by atoms with Crippen molar-refractivity contribution in [3.8, 4) is 0 Å². The molecule has 2 nitrogen and oxygen atoms in total. The predicted octanol–water partition coefficient (Wildman–Crippen LogP) is 2.72. The molecule has 0 aromatic heterocycles. The first kappa shape index (κ1) is 12.7. The Labute approximate surface area is 94.0 Å². The van der Waals surface area contributed by atoms with E-state index in [1.165, 1.54) is 0 Å². The highest BCUT2D eigenvalue weighted by Crippen LogP contribution is 2.33. The van der Waals surface area contributed by atoms with Crippen LogP contribution in [0, 0.1) is 11.3 Å². The van der Waals surface area contributed by atoms with Crippen molar-refractivity contribution in [1.82, 2.24) is 4.90 Å². The fourth-order valence-electron chi connectivity index (χ4n) is 2.31. The largest absolute Gasteiger partial charge is 0.298 e. The van der Waals surface area contributed by atoms with E-state index in [4.69, 9.17) is 0 Å². The second-order valence-corrected chi connectivity index (χ2v) is 6.77. The molecule has 1 saturated heterocycles. The summed E-state index contributed by atoms with van der Waals surface area (Å²) in [5, 5.41) is 0. The molecule has 0 radical (unpaired) electrons. The van der Waals surface area contributed by atoms with E-state index >= 15 is 0 Å². The molecule has 0 N–H and O–H groups in total. The molecule has 0 saturated carbocycles. The molecule has 1 aliphatic rings. The van der Waals surface area contributed by atoms with Crippen LogP contribution in [0.4, 0.5) is 0 Å². The summed E-state index contributed by atoms with van der Waals surface area (Å²) in [4.78, 5) is 14.3. The lowest BCUT2D eigenvalue weighted by atomic mass is 9.74. The summed E-state index contributed by atoms with van der Waals surface area (Å²) < 4.78 is 0. The van der Waals surface area contributed by atoms with Gasteiger partial charge in [-0.05, 0) is 39.2 Å². The minimum Gasteiger partial charge on any atom is -0.298 e. The number of carbonyl (C=O) groups excluding carboxylic acids is 1. The Kier molecular flexibility index (Phi) is 3.30. The first-order valence-electron chi connectivity index (χ1n) is 5.90. The monoisotopic (exact) mass is 211 g/mol. The Bertz CT molecular complexity index is 244. The van der Waals surface area contributed by atoms with Gasteiger partial charge in [0.05, 0.1) is 6.54 Å². The van der Waals surface area contributed by atoms with Crippen LogP contribution in [0.5, 0.6) is 0 Å². The minimum absolute atomic E-state index is 0.124. The lowest BCUT2D eigenvalue weighted by molar-refractivity contribution is -0.132. The van der Waals surface area contributed by atoms with Gasteiger partial charge in [-0.3, -0.25) is 9.69 Å². The highest BCUT2D eigenvalue weighted by atomic mass is 16.1. The number of carbonyl (C=O) groups is 1. The maximum absolute atomic E-state index is 12.1. The molecule has 88 valence electrons. The lowest BCUT2D eigenvalue weighted by Crippen LogP contribution is -2.52. The standard InChI is InChI=1S/C13H25NO/c1-12(2,3)10-7-8-14(9-11(10)15)13(4,5)6/h10H,7-9H2,1-6H3/t10-/m1/s1. The second kappa shape index (κ2) is 3.89. The number of nitrogens with zero attached hydrogens (tertiary/aromatic N) is 1. The van der Waals surface area contributed by atoms with Gasteiger partial charge in [0.2, 0.25) is 0 Å². The Hall–Kier alpha value is -0.370. The second-order valence-electron chi connectivity index (χ2n) is 6.77. The van der Waals surface area contributed by atoms with Crippen LogP contribution in [0.2, 0.25) is 0 Å². The van der Waals surface area contributed by atoms with E-state index in [2.05, 4.69) is 46.4 Å². The van der Waals surface area contributed by atoms with Crippen molar-refractivity contribution >= 4 is 5.78 Å². The van der Waals surface area contributed by atoms with Crippen molar-refractivity contribution < 1.29 is 4.79 Å². The summed E-state index contributed by atoms with van der Waals surface area (Å²) in [5.41, 5.74) is 0.250. The number of hydrogen-bond acceptors (Lipinski definition) is 2. The van der Waals surface area contributed by atoms with E-state index in [1.807, 2.05) is 0 Å². The van der Waals surface area contributed by atoms with Crippen LogP contribution in [0.25, 0.3) is 0 Å². The van der Waals surface area contributed by atoms with Gasteiger partial charge < -0.3 is 0 Å². The van der Waals surface area contributed by atoms with Gasteiger partial charge in [0, 0.05) is 11.5 Å². The third kappa shape index (κ3) is 3.04. The van der Waals surface area contributed by atoms with E-state index in [1.54, 1.807) is 0 Å². The van der Waals surface area contributed by atoms with Crippen LogP contribution in [0.1, 0.15) is 48.0 Å². The van der Waals surface area contributed by atoms with Crippen molar-refractivity contribution in [3.05, 3.63) is 0 Å². The van der Waals surface area contributed by atoms with Gasteiger partial charge in [0.1, 0.15) is 5.78 Å². The highest BCUT2D eigenvalue weighted by molar-refractivity contribution is 5.84. The van der Waals surface area contributed by atoms with Gasteiger partial charge in [-0.1, -0.05) is 20.8 Å². The Balaban J connectivity index is 2.68. The third-order valence-corrected chi connectivity index (χ3v) is 3.42. The molecule has 1 atom stereocenters. The molecule has 1 rings (SSSR count). The summed E-state index contributed by atoms with van der Waals surface area (Å²) in [7, 11) is 0. The summed E-state index contributed by atoms with van der Waals surface area (Å²) >= 11 is 0. The first-order chi connectivity index (χ1) is 6.62. The van der Waals surface area contributed by atoms with E-state index < -0.39 is 0 Å². The number of Topliss-reactive ketones (excluding diaryl/α,β-unsaturated/α-hetero) is 1. The zero-order chi connectivity index (χ0) is 11.9. The third-order valence-electron chi connectivity index (χ3n) is 3.42. The lowest BCUT2D eigenvalue weighted by Gasteiger charge is -2.43. The average molecular weight is 211 g/mol. The van der Waals surface area contributed by atoms with Crippen LogP contribution >= 0.6 is 0 Å². The van der Waals surface area contributed by atoms with Crippen molar-refractivity contribution in [1.29, 1.82) is 0 Å². The quantitative estimate of drug-likeness (QED) is 0.614. The molecule has 0 aliphatic carbocycles. The van der Waals surface area contributed by atoms with Gasteiger partial charge in [-0.15, -0.1) is 0 Å². The van der Waals surface area contributed by atoms with Crippen LogP contribution in [-0.4, -0.2) is 29.3 Å². The van der Waals surface area contributed by atoms with Crippen molar-refractivity contribution in [3.63, 3.8) is 0 Å². The summed E-state index contributed by atoms with van der Waals surface area (Å²) in [5.74, 6) is 0.666. The molecule has 1 fully saturated rings. The molecule has 0 unspecified atom stereocenters. The highest BCUT2D eigenvalue weighted by Gasteiger charge is 2.37. The van der Waals surface area contributed by atoms with Crippen molar-refractivity contribution in [2.24, 2.45) is 11.3 Å². The fraction of sp³-hybridized carbons (Fsp3) is 0.923. The molecule has 0 aromatic carbocycles. The van der Waals surface area contributed by atoms with Gasteiger partial charge in [-0.2, -0.15) is 0 Å². The van der Waals surface area contributed by atoms with E-state index in [9.17, 15) is 4.79 Å². The van der Waals surface area contributed by atoms with Gasteiger partial charge in [0.15, 0.2) is 0 Å². The Morgan fingerprint density at radius 3 is 2.00 bits per heavy atom. The number of piperidine rings is 1. The molecular weight excluding hydrogens is 186 g/mol. The Morgan fingerprint density at radius 1 is 1.13 bits per heavy atom. The van der Waals surface area contributed by atoms with Crippen LogP contribution < -0.4 is 0 Å². The van der Waals surface area contributed by atoms with Crippen LogP contribution in [-0.2, 0) is 4.79 Å². The van der Waals surface area contributed by atoms with Crippen LogP contribution in [0.15, 0.2) is 0 Å². The summed E-state index contributed by atoms with van der Waals surface area (Å²) in [6, 6.07) is 0. The number of hydrogen-bond donors (Lipinski definition) is 0. The van der Waals surface area contributed by atoms with E-state index in [0.717, 1.165) is 13.0 Å². The van der Waals surface area contributed by atoms with Crippen molar-refractivity contribution in [2.75, 3.05) is 13.1 Å². The molecule has 2 heteroatoms. The molecule has 1 aliphatic heterocycles. The molecule has 0 bridgehead atoms. The Morgan fingerprint density at radius 2 is 1.67 bits per heavy atom. The molecule has 15 heavy (non-hydrogen) atoms. The van der Waals surface area contributed by atoms with Gasteiger partial charge in [-0.25, -0.2) is 0 Å². The van der Waals surface area contributed by atoms with Gasteiger partial charge >= 0.3 is 0 Å². The smallest absolute Gasteiger partial charge is 0.150 e. The van der Waals surface area contributed by atoms with Gasteiger partial charge in [0.25, 0.3) is 0 Å². The minimum atomic E-state index is 0.124. The maximum atomic E-state index is 12.1.